The van der Waals surface area contributed by atoms with Crippen LogP contribution in [0.3, 0.4) is 0 Å². The molecule has 0 aliphatic rings. The van der Waals surface area contributed by atoms with Crippen LogP contribution in [0.5, 0.6) is 11.5 Å². The van der Waals surface area contributed by atoms with E-state index >= 15 is 0 Å². The van der Waals surface area contributed by atoms with E-state index in [-0.39, 0.29) is 5.75 Å². The summed E-state index contributed by atoms with van der Waals surface area (Å²) in [6.45, 7) is 0. The molecule has 1 aromatic carbocycles. The standard InChI is InChI=1S/C10H10N2O2/c11-10-6-8(13)7-12(10)14-9-4-2-1-3-5-9/h1-7,13H,11H2. The summed E-state index contributed by atoms with van der Waals surface area (Å²) in [4.78, 5) is 5.36. The van der Waals surface area contributed by atoms with Gasteiger partial charge in [-0.05, 0) is 12.1 Å². The molecule has 0 amide bonds. The van der Waals surface area contributed by atoms with Gasteiger partial charge in [0.05, 0.1) is 6.20 Å². The van der Waals surface area contributed by atoms with E-state index < -0.39 is 0 Å². The second-order valence-electron chi connectivity index (χ2n) is 2.85. The fourth-order valence-corrected chi connectivity index (χ4v) is 1.12. The Balaban J connectivity index is 2.23. The largest absolute Gasteiger partial charge is 0.506 e. The van der Waals surface area contributed by atoms with Gasteiger partial charge in [-0.25, -0.2) is 0 Å². The first-order valence-electron chi connectivity index (χ1n) is 4.16. The number of aromatic hydroxyl groups is 1. The van der Waals surface area contributed by atoms with E-state index in [1.54, 1.807) is 12.1 Å². The minimum absolute atomic E-state index is 0.0819. The molecule has 0 saturated heterocycles. The van der Waals surface area contributed by atoms with Crippen molar-refractivity contribution >= 4 is 5.82 Å². The molecule has 72 valence electrons. The molecular formula is C10H10N2O2. The van der Waals surface area contributed by atoms with Gasteiger partial charge in [-0.15, -0.1) is 0 Å². The van der Waals surface area contributed by atoms with Crippen LogP contribution in [0.25, 0.3) is 0 Å². The second kappa shape index (κ2) is 3.33. The van der Waals surface area contributed by atoms with Crippen molar-refractivity contribution in [3.63, 3.8) is 0 Å². The zero-order chi connectivity index (χ0) is 9.97. The smallest absolute Gasteiger partial charge is 0.155 e. The lowest BCUT2D eigenvalue weighted by Gasteiger charge is -2.06. The Morgan fingerprint density at radius 2 is 1.93 bits per heavy atom. The molecule has 0 atom stereocenters. The molecule has 3 N–H and O–H groups in total. The Morgan fingerprint density at radius 1 is 1.21 bits per heavy atom. The summed E-state index contributed by atoms with van der Waals surface area (Å²) in [5.41, 5.74) is 5.57. The normalized spacial score (nSPS) is 10.0. The highest BCUT2D eigenvalue weighted by atomic mass is 16.7. The van der Waals surface area contributed by atoms with Gasteiger partial charge in [-0.2, -0.15) is 4.73 Å². The van der Waals surface area contributed by atoms with Crippen molar-refractivity contribution < 1.29 is 9.94 Å². The molecule has 1 heterocycles. The van der Waals surface area contributed by atoms with Crippen LogP contribution >= 0.6 is 0 Å². The van der Waals surface area contributed by atoms with E-state index in [9.17, 15) is 0 Å². The molecular weight excluding hydrogens is 180 g/mol. The van der Waals surface area contributed by atoms with Crippen LogP contribution < -0.4 is 10.6 Å². The molecule has 0 aliphatic carbocycles. The number of rotatable bonds is 2. The fraction of sp³-hybridized carbons (Fsp3) is 0. The van der Waals surface area contributed by atoms with Crippen LogP contribution in [-0.4, -0.2) is 9.84 Å². The summed E-state index contributed by atoms with van der Waals surface area (Å²) in [5.74, 6) is 1.10. The summed E-state index contributed by atoms with van der Waals surface area (Å²) < 4.78 is 1.31. The molecule has 0 spiro atoms. The molecule has 4 heteroatoms. The zero-order valence-corrected chi connectivity index (χ0v) is 7.42. The third-order valence-corrected chi connectivity index (χ3v) is 1.75. The third kappa shape index (κ3) is 1.64. The van der Waals surface area contributed by atoms with Crippen molar-refractivity contribution in [1.29, 1.82) is 0 Å². The highest BCUT2D eigenvalue weighted by Crippen LogP contribution is 2.18. The quantitative estimate of drug-likeness (QED) is 0.756. The first kappa shape index (κ1) is 8.50. The Labute approximate surface area is 81.1 Å². The number of hydrogen-bond donors (Lipinski definition) is 2. The monoisotopic (exact) mass is 190 g/mol. The maximum Gasteiger partial charge on any atom is 0.155 e. The average Bonchev–Trinajstić information content (AvgIpc) is 2.47. The number of para-hydroxylation sites is 1. The van der Waals surface area contributed by atoms with Gasteiger partial charge in [0.25, 0.3) is 0 Å². The third-order valence-electron chi connectivity index (χ3n) is 1.75. The predicted molar refractivity (Wildman–Crippen MR) is 53.0 cm³/mol. The average molecular weight is 190 g/mol. The number of nitrogen functional groups attached to an aromatic ring is 1. The van der Waals surface area contributed by atoms with Crippen LogP contribution in [0.2, 0.25) is 0 Å². The van der Waals surface area contributed by atoms with Crippen molar-refractivity contribution in [2.75, 3.05) is 5.73 Å². The molecule has 0 fully saturated rings. The fourth-order valence-electron chi connectivity index (χ4n) is 1.12. The molecule has 0 saturated carbocycles. The van der Waals surface area contributed by atoms with Gasteiger partial charge in [-0.3, -0.25) is 0 Å². The SMILES string of the molecule is Nc1cc(O)cn1Oc1ccccc1. The molecule has 0 unspecified atom stereocenters. The highest BCUT2D eigenvalue weighted by molar-refractivity contribution is 5.38. The molecule has 0 bridgehead atoms. The van der Waals surface area contributed by atoms with Crippen LogP contribution in [0.15, 0.2) is 42.6 Å². The van der Waals surface area contributed by atoms with Crippen molar-refractivity contribution in [3.8, 4) is 11.5 Å². The molecule has 0 aliphatic heterocycles. The molecule has 14 heavy (non-hydrogen) atoms. The van der Waals surface area contributed by atoms with Crippen LogP contribution in [0, 0.1) is 0 Å². The summed E-state index contributed by atoms with van der Waals surface area (Å²) in [7, 11) is 0. The van der Waals surface area contributed by atoms with Crippen LogP contribution in [0.1, 0.15) is 0 Å². The minimum Gasteiger partial charge on any atom is -0.506 e. The second-order valence-corrected chi connectivity index (χ2v) is 2.85. The van der Waals surface area contributed by atoms with Gasteiger partial charge in [0, 0.05) is 6.07 Å². The van der Waals surface area contributed by atoms with Gasteiger partial charge >= 0.3 is 0 Å². The maximum atomic E-state index is 9.13. The lowest BCUT2D eigenvalue weighted by molar-refractivity contribution is 0.221. The van der Waals surface area contributed by atoms with E-state index in [1.165, 1.54) is 17.0 Å². The van der Waals surface area contributed by atoms with E-state index in [4.69, 9.17) is 15.7 Å². The number of aromatic nitrogens is 1. The number of anilines is 1. The summed E-state index contributed by atoms with van der Waals surface area (Å²) >= 11 is 0. The van der Waals surface area contributed by atoms with E-state index in [0.29, 0.717) is 11.6 Å². The lowest BCUT2D eigenvalue weighted by atomic mass is 10.3. The zero-order valence-electron chi connectivity index (χ0n) is 7.42. The summed E-state index contributed by atoms with van der Waals surface area (Å²) in [6, 6.07) is 10.6. The Bertz CT molecular complexity index is 423. The van der Waals surface area contributed by atoms with Crippen molar-refractivity contribution in [2.24, 2.45) is 0 Å². The summed E-state index contributed by atoms with van der Waals surface area (Å²) in [5, 5.41) is 9.13. The first-order chi connectivity index (χ1) is 6.75. The Kier molecular flexibility index (Phi) is 2.02. The highest BCUT2D eigenvalue weighted by Gasteiger charge is 2.02. The van der Waals surface area contributed by atoms with Gasteiger partial charge in [0.1, 0.15) is 11.6 Å². The number of benzene rings is 1. The van der Waals surface area contributed by atoms with Crippen molar-refractivity contribution in [1.82, 2.24) is 4.73 Å². The van der Waals surface area contributed by atoms with Crippen LogP contribution in [-0.2, 0) is 0 Å². The predicted octanol–water partition coefficient (Wildman–Crippen LogP) is 1.62. The number of nitrogens with zero attached hydrogens (tertiary/aromatic N) is 1. The van der Waals surface area contributed by atoms with Gasteiger partial charge in [-0.1, -0.05) is 18.2 Å². The molecule has 1 aromatic heterocycles. The van der Waals surface area contributed by atoms with E-state index in [1.807, 2.05) is 18.2 Å². The van der Waals surface area contributed by atoms with Gasteiger partial charge in [0.15, 0.2) is 5.75 Å². The molecule has 2 rings (SSSR count). The van der Waals surface area contributed by atoms with E-state index in [0.717, 1.165) is 0 Å². The summed E-state index contributed by atoms with van der Waals surface area (Å²) in [6.07, 6.45) is 1.41. The van der Waals surface area contributed by atoms with Crippen LogP contribution in [0.4, 0.5) is 5.82 Å². The topological polar surface area (TPSA) is 60.4 Å². The van der Waals surface area contributed by atoms with Crippen molar-refractivity contribution in [3.05, 3.63) is 42.6 Å². The molecule has 4 nitrogen and oxygen atoms in total. The lowest BCUT2D eigenvalue weighted by Crippen LogP contribution is -2.06. The number of nitrogens with two attached hydrogens (primary N) is 1. The molecule has 2 aromatic rings. The van der Waals surface area contributed by atoms with Gasteiger partial charge < -0.3 is 15.7 Å². The van der Waals surface area contributed by atoms with Gasteiger partial charge in [0.2, 0.25) is 0 Å². The van der Waals surface area contributed by atoms with Crippen molar-refractivity contribution in [2.45, 2.75) is 0 Å². The number of hydrogen-bond acceptors (Lipinski definition) is 3. The maximum absolute atomic E-state index is 9.13. The molecule has 0 radical (unpaired) electrons. The van der Waals surface area contributed by atoms with E-state index in [2.05, 4.69) is 0 Å². The Hall–Kier alpha value is -2.10. The first-order valence-corrected chi connectivity index (χ1v) is 4.16. The minimum atomic E-state index is 0.0819. The Morgan fingerprint density at radius 3 is 2.50 bits per heavy atom.